The van der Waals surface area contributed by atoms with Crippen molar-refractivity contribution in [2.75, 3.05) is 7.11 Å². The average molecular weight is 307 g/mol. The summed E-state index contributed by atoms with van der Waals surface area (Å²) in [5, 5.41) is 9.80. The lowest BCUT2D eigenvalue weighted by Gasteiger charge is -2.15. The van der Waals surface area contributed by atoms with Crippen molar-refractivity contribution >= 4 is 17.6 Å². The highest BCUT2D eigenvalue weighted by atomic mass is 35.5. The first-order valence-electron chi connectivity index (χ1n) is 6.36. The number of carbonyl (C=O) groups is 1. The van der Waals surface area contributed by atoms with Gasteiger partial charge >= 0.3 is 5.97 Å². The maximum Gasteiger partial charge on any atom is 0.345 e. The third kappa shape index (κ3) is 4.39. The van der Waals surface area contributed by atoms with Gasteiger partial charge in [-0.3, -0.25) is 0 Å². The minimum absolute atomic E-state index is 0.235. The van der Waals surface area contributed by atoms with E-state index in [1.807, 2.05) is 12.1 Å². The standard InChI is InChI=1S/C16H15ClO4/c1-20-13-6-2-4-11(8-13)9-15(16(18)19)21-14-7-3-5-12(17)10-14/h2-8,10,15H,9H2,1H3,(H,18,19). The van der Waals surface area contributed by atoms with Crippen molar-refractivity contribution < 1.29 is 19.4 Å². The molecule has 0 bridgehead atoms. The molecule has 0 aromatic heterocycles. The summed E-state index contributed by atoms with van der Waals surface area (Å²) >= 11 is 5.86. The monoisotopic (exact) mass is 306 g/mol. The highest BCUT2D eigenvalue weighted by molar-refractivity contribution is 6.30. The Kier molecular flexibility index (Phi) is 5.06. The maximum absolute atomic E-state index is 11.4. The molecule has 2 aromatic carbocycles. The number of rotatable bonds is 6. The molecular weight excluding hydrogens is 292 g/mol. The molecule has 0 saturated heterocycles. The van der Waals surface area contributed by atoms with Crippen LogP contribution < -0.4 is 9.47 Å². The highest BCUT2D eigenvalue weighted by Crippen LogP contribution is 2.20. The Morgan fingerprint density at radius 3 is 2.57 bits per heavy atom. The van der Waals surface area contributed by atoms with Gasteiger partial charge in [0.1, 0.15) is 11.5 Å². The molecule has 5 heteroatoms. The maximum atomic E-state index is 11.4. The van der Waals surface area contributed by atoms with Gasteiger partial charge in [0, 0.05) is 11.4 Å². The van der Waals surface area contributed by atoms with Crippen molar-refractivity contribution in [2.24, 2.45) is 0 Å². The Balaban J connectivity index is 2.13. The molecule has 1 N–H and O–H groups in total. The Bertz CT molecular complexity index is 627. The summed E-state index contributed by atoms with van der Waals surface area (Å²) in [6, 6.07) is 13.9. The average Bonchev–Trinajstić information content (AvgIpc) is 2.47. The second-order valence-corrected chi connectivity index (χ2v) is 4.89. The van der Waals surface area contributed by atoms with Crippen LogP contribution in [0.1, 0.15) is 5.56 Å². The molecule has 0 aliphatic heterocycles. The third-order valence-electron chi connectivity index (χ3n) is 2.91. The van der Waals surface area contributed by atoms with E-state index in [1.165, 1.54) is 0 Å². The minimum atomic E-state index is -1.03. The second-order valence-electron chi connectivity index (χ2n) is 4.46. The number of hydrogen-bond donors (Lipinski definition) is 1. The fraction of sp³-hybridized carbons (Fsp3) is 0.188. The second kappa shape index (κ2) is 6.99. The molecule has 21 heavy (non-hydrogen) atoms. The van der Waals surface area contributed by atoms with Gasteiger partial charge in [-0.1, -0.05) is 29.8 Å². The number of carboxylic acid groups (broad SMARTS) is 1. The summed E-state index contributed by atoms with van der Waals surface area (Å²) in [6.45, 7) is 0. The molecule has 1 atom stereocenters. The SMILES string of the molecule is COc1cccc(CC(Oc2cccc(Cl)c2)C(=O)O)c1. The number of hydrogen-bond acceptors (Lipinski definition) is 3. The van der Waals surface area contributed by atoms with E-state index in [0.717, 1.165) is 5.56 Å². The van der Waals surface area contributed by atoms with Gasteiger partial charge in [0.2, 0.25) is 0 Å². The van der Waals surface area contributed by atoms with Crippen LogP contribution in [-0.4, -0.2) is 24.3 Å². The van der Waals surface area contributed by atoms with E-state index in [0.29, 0.717) is 16.5 Å². The summed E-state index contributed by atoms with van der Waals surface area (Å²) < 4.78 is 10.6. The van der Waals surface area contributed by atoms with Crippen LogP contribution in [-0.2, 0) is 11.2 Å². The quantitative estimate of drug-likeness (QED) is 0.888. The normalized spacial score (nSPS) is 11.7. The summed E-state index contributed by atoms with van der Waals surface area (Å²) in [5.41, 5.74) is 0.823. The molecular formula is C16H15ClO4. The lowest BCUT2D eigenvalue weighted by Crippen LogP contribution is -2.29. The first-order chi connectivity index (χ1) is 10.1. The van der Waals surface area contributed by atoms with Crippen molar-refractivity contribution in [2.45, 2.75) is 12.5 Å². The summed E-state index contributed by atoms with van der Waals surface area (Å²) in [5.74, 6) is 0.0787. The molecule has 0 spiro atoms. The number of ether oxygens (including phenoxy) is 2. The van der Waals surface area contributed by atoms with Gasteiger partial charge in [-0.05, 0) is 35.9 Å². The van der Waals surface area contributed by atoms with Crippen molar-refractivity contribution in [3.8, 4) is 11.5 Å². The first-order valence-corrected chi connectivity index (χ1v) is 6.74. The number of aliphatic carboxylic acids is 1. The van der Waals surface area contributed by atoms with E-state index in [4.69, 9.17) is 21.1 Å². The molecule has 0 heterocycles. The summed E-state index contributed by atoms with van der Waals surface area (Å²) in [4.78, 5) is 11.4. The van der Waals surface area contributed by atoms with Crippen LogP contribution in [0.15, 0.2) is 48.5 Å². The van der Waals surface area contributed by atoms with E-state index < -0.39 is 12.1 Å². The van der Waals surface area contributed by atoms with E-state index >= 15 is 0 Å². The molecule has 110 valence electrons. The topological polar surface area (TPSA) is 55.8 Å². The predicted octanol–water partition coefficient (Wildman–Crippen LogP) is 3.42. The molecule has 1 unspecified atom stereocenters. The number of methoxy groups -OCH3 is 1. The van der Waals surface area contributed by atoms with Gasteiger partial charge in [-0.15, -0.1) is 0 Å². The first kappa shape index (κ1) is 15.2. The van der Waals surface area contributed by atoms with E-state index in [-0.39, 0.29) is 6.42 Å². The molecule has 2 rings (SSSR count). The van der Waals surface area contributed by atoms with Crippen molar-refractivity contribution in [1.82, 2.24) is 0 Å². The van der Waals surface area contributed by atoms with Gasteiger partial charge in [-0.25, -0.2) is 4.79 Å². The van der Waals surface area contributed by atoms with Crippen LogP contribution >= 0.6 is 11.6 Å². The van der Waals surface area contributed by atoms with E-state index in [1.54, 1.807) is 43.5 Å². The molecule has 0 aliphatic rings. The zero-order valence-electron chi connectivity index (χ0n) is 11.5. The molecule has 0 radical (unpaired) electrons. The predicted molar refractivity (Wildman–Crippen MR) is 80.2 cm³/mol. The van der Waals surface area contributed by atoms with Crippen LogP contribution in [0.3, 0.4) is 0 Å². The fourth-order valence-corrected chi connectivity index (χ4v) is 2.08. The van der Waals surface area contributed by atoms with Gasteiger partial charge in [0.05, 0.1) is 7.11 Å². The smallest absolute Gasteiger partial charge is 0.345 e. The molecule has 2 aromatic rings. The van der Waals surface area contributed by atoms with Crippen LogP contribution in [0.2, 0.25) is 5.02 Å². The largest absolute Gasteiger partial charge is 0.497 e. The van der Waals surface area contributed by atoms with Crippen LogP contribution in [0.5, 0.6) is 11.5 Å². The van der Waals surface area contributed by atoms with E-state index in [2.05, 4.69) is 0 Å². The molecule has 0 fully saturated rings. The molecule has 4 nitrogen and oxygen atoms in total. The molecule has 0 aliphatic carbocycles. The van der Waals surface area contributed by atoms with Gasteiger partial charge < -0.3 is 14.6 Å². The van der Waals surface area contributed by atoms with Gasteiger partial charge in [-0.2, -0.15) is 0 Å². The third-order valence-corrected chi connectivity index (χ3v) is 3.14. The van der Waals surface area contributed by atoms with Crippen LogP contribution in [0, 0.1) is 0 Å². The zero-order valence-corrected chi connectivity index (χ0v) is 12.2. The lowest BCUT2D eigenvalue weighted by atomic mass is 10.1. The van der Waals surface area contributed by atoms with Crippen molar-refractivity contribution in [3.63, 3.8) is 0 Å². The van der Waals surface area contributed by atoms with Crippen LogP contribution in [0.25, 0.3) is 0 Å². The number of carboxylic acids is 1. The molecule has 0 saturated carbocycles. The number of benzene rings is 2. The highest BCUT2D eigenvalue weighted by Gasteiger charge is 2.20. The van der Waals surface area contributed by atoms with Gasteiger partial charge in [0.25, 0.3) is 0 Å². The van der Waals surface area contributed by atoms with Crippen LogP contribution in [0.4, 0.5) is 0 Å². The fourth-order valence-electron chi connectivity index (χ4n) is 1.90. The van der Waals surface area contributed by atoms with E-state index in [9.17, 15) is 9.90 Å². The molecule has 0 amide bonds. The summed E-state index contributed by atoms with van der Waals surface area (Å²) in [7, 11) is 1.57. The Hall–Kier alpha value is -2.20. The van der Waals surface area contributed by atoms with Crippen molar-refractivity contribution in [3.05, 3.63) is 59.1 Å². The number of halogens is 1. The Labute approximate surface area is 127 Å². The Morgan fingerprint density at radius 2 is 1.90 bits per heavy atom. The zero-order chi connectivity index (χ0) is 15.2. The van der Waals surface area contributed by atoms with Gasteiger partial charge in [0.15, 0.2) is 6.10 Å². The van der Waals surface area contributed by atoms with Crippen molar-refractivity contribution in [1.29, 1.82) is 0 Å². The summed E-state index contributed by atoms with van der Waals surface area (Å²) in [6.07, 6.45) is -0.755. The lowest BCUT2D eigenvalue weighted by molar-refractivity contribution is -0.145. The minimum Gasteiger partial charge on any atom is -0.497 e. The Morgan fingerprint density at radius 1 is 1.19 bits per heavy atom.